The van der Waals surface area contributed by atoms with Crippen molar-refractivity contribution in [1.82, 2.24) is 44.9 Å². The molecule has 10 rings (SSSR count). The highest BCUT2D eigenvalue weighted by Crippen LogP contribution is 2.60. The number of sulfonamides is 1. The van der Waals surface area contributed by atoms with Crippen molar-refractivity contribution in [3.05, 3.63) is 65.6 Å². The summed E-state index contributed by atoms with van der Waals surface area (Å²) in [5, 5.41) is 40.3. The Kier molecular flexibility index (Phi) is 14.2. The van der Waals surface area contributed by atoms with Crippen molar-refractivity contribution in [2.75, 3.05) is 29.6 Å². The maximum Gasteiger partial charge on any atom is 0.326 e. The molecule has 19 nitrogen and oxygen atoms in total. The van der Waals surface area contributed by atoms with Crippen molar-refractivity contribution >= 4 is 77.9 Å². The van der Waals surface area contributed by atoms with Gasteiger partial charge >= 0.3 is 5.97 Å². The van der Waals surface area contributed by atoms with Crippen LogP contribution >= 0.6 is 11.3 Å². The number of unbranched alkanes of at least 4 members (excludes halogenated alkanes) is 2. The number of carbonyl (C=O) groups excluding carboxylic acids is 3. The number of carboxylic acid groups (broad SMARTS) is 1. The maximum atomic E-state index is 14.3. The minimum absolute atomic E-state index is 0.0208. The summed E-state index contributed by atoms with van der Waals surface area (Å²) in [6.07, 6.45) is 8.98. The van der Waals surface area contributed by atoms with Crippen LogP contribution in [-0.2, 0) is 31.0 Å². The summed E-state index contributed by atoms with van der Waals surface area (Å²) in [7, 11) is -2.45. The summed E-state index contributed by atoms with van der Waals surface area (Å²) in [6, 6.07) is 11.0. The molecule has 1 saturated heterocycles. The van der Waals surface area contributed by atoms with Crippen LogP contribution in [0.3, 0.4) is 0 Å². The molecular weight excluding hydrogens is 959 g/mol. The van der Waals surface area contributed by atoms with Gasteiger partial charge in [0.25, 0.3) is 5.91 Å². The van der Waals surface area contributed by atoms with Crippen molar-refractivity contribution in [3.63, 3.8) is 0 Å². The van der Waals surface area contributed by atoms with Crippen LogP contribution in [0.25, 0.3) is 21.3 Å². The number of hydrogen-bond donors (Lipinski definition) is 5. The molecule has 1 aliphatic heterocycles. The number of carbonyl (C=O) groups is 4. The summed E-state index contributed by atoms with van der Waals surface area (Å²) in [4.78, 5) is 65.1. The molecule has 1 aromatic carbocycles. The molecule has 5 aromatic rings. The number of nitrogens with zero attached hydrogens (tertiary/aromatic N) is 8. The van der Waals surface area contributed by atoms with E-state index in [-0.39, 0.29) is 43.3 Å². The van der Waals surface area contributed by atoms with Crippen molar-refractivity contribution < 1.29 is 37.8 Å². The SMILES string of the molecule is Cc1cc(N(C)c2ccc(-c3cnn(CC45CC6CC(CC(C6)C4)C5)c3C)c(C(=O)NS(=O)(=O)CCCCCC(=O)N[C@H](C(=O)N3C[C@H](O)C[C@H]3C(=O)O)C(C)(C)C)n2)nnc1Nc1nc2ccccc2s1. The number of aryl methyl sites for hydroxylation is 1. The molecule has 4 saturated carbocycles. The maximum absolute atomic E-state index is 14.3. The van der Waals surface area contributed by atoms with Gasteiger partial charge in [-0.2, -0.15) is 5.10 Å². The van der Waals surface area contributed by atoms with E-state index in [0.29, 0.717) is 40.1 Å². The van der Waals surface area contributed by atoms with Crippen molar-refractivity contribution in [1.29, 1.82) is 0 Å². The largest absolute Gasteiger partial charge is 0.480 e. The van der Waals surface area contributed by atoms with Gasteiger partial charge in [-0.1, -0.05) is 50.7 Å². The predicted octanol–water partition coefficient (Wildman–Crippen LogP) is 6.89. The van der Waals surface area contributed by atoms with Crippen LogP contribution in [0.5, 0.6) is 0 Å². The zero-order valence-corrected chi connectivity index (χ0v) is 43.4. The topological polar surface area (TPSA) is 255 Å². The molecule has 3 atom stereocenters. The normalized spacial score (nSPS) is 23.0. The van der Waals surface area contributed by atoms with E-state index < -0.39 is 63.1 Å². The van der Waals surface area contributed by atoms with E-state index in [0.717, 1.165) is 50.7 Å². The first kappa shape index (κ1) is 50.9. The molecule has 4 aliphatic carbocycles. The average Bonchev–Trinajstić information content (AvgIpc) is 4.02. The van der Waals surface area contributed by atoms with E-state index in [1.54, 1.807) is 51.0 Å². The average molecular weight is 1020 g/mol. The molecule has 72 heavy (non-hydrogen) atoms. The zero-order chi connectivity index (χ0) is 51.3. The van der Waals surface area contributed by atoms with E-state index in [2.05, 4.69) is 35.2 Å². The molecule has 3 amide bonds. The molecule has 21 heteroatoms. The zero-order valence-electron chi connectivity index (χ0n) is 41.7. The summed E-state index contributed by atoms with van der Waals surface area (Å²) in [5.74, 6) is 0.0274. The number of likely N-dealkylation sites (tertiary alicyclic amines) is 1. The fraction of sp³-hybridized carbons (Fsp3) is 0.549. The lowest BCUT2D eigenvalue weighted by Crippen LogP contribution is -2.56. The van der Waals surface area contributed by atoms with Gasteiger partial charge in [0.2, 0.25) is 21.8 Å². The Morgan fingerprint density at radius 3 is 2.29 bits per heavy atom. The molecular formula is C51H65N11O8S2. The Morgan fingerprint density at radius 2 is 1.62 bits per heavy atom. The van der Waals surface area contributed by atoms with Gasteiger partial charge in [0.15, 0.2) is 16.8 Å². The van der Waals surface area contributed by atoms with Gasteiger partial charge in [-0.25, -0.2) is 27.9 Å². The molecule has 5 fully saturated rings. The first-order valence-electron chi connectivity index (χ1n) is 24.9. The summed E-state index contributed by atoms with van der Waals surface area (Å²) in [6.45, 7) is 9.78. The second-order valence-electron chi connectivity index (χ2n) is 21.9. The number of anilines is 4. The second-order valence-corrected chi connectivity index (χ2v) is 24.7. The second kappa shape index (κ2) is 20.1. The number of hydrogen-bond acceptors (Lipinski definition) is 15. The first-order chi connectivity index (χ1) is 34.1. The Balaban J connectivity index is 0.885. The number of nitrogens with one attached hydrogen (secondary N) is 3. The van der Waals surface area contributed by atoms with Crippen molar-refractivity contribution in [2.24, 2.45) is 28.6 Å². The molecule has 4 aromatic heterocycles. The highest BCUT2D eigenvalue weighted by molar-refractivity contribution is 7.90. The number of amides is 3. The predicted molar refractivity (Wildman–Crippen MR) is 273 cm³/mol. The van der Waals surface area contributed by atoms with Gasteiger partial charge in [0, 0.05) is 49.8 Å². The smallest absolute Gasteiger partial charge is 0.326 e. The Morgan fingerprint density at radius 1 is 0.917 bits per heavy atom. The van der Waals surface area contributed by atoms with E-state index in [1.807, 2.05) is 44.2 Å². The minimum atomic E-state index is -4.20. The van der Waals surface area contributed by atoms with Crippen molar-refractivity contribution in [3.8, 4) is 11.1 Å². The van der Waals surface area contributed by atoms with Gasteiger partial charge in [0.1, 0.15) is 23.6 Å². The Bertz CT molecular complexity index is 2940. The quantitative estimate of drug-likeness (QED) is 0.0561. The van der Waals surface area contributed by atoms with E-state index in [9.17, 15) is 37.8 Å². The number of β-amino-alcohol motifs (C(OH)–C–C–N with tert-alkyl or cyclic N) is 1. The summed E-state index contributed by atoms with van der Waals surface area (Å²) < 4.78 is 32.6. The lowest BCUT2D eigenvalue weighted by Gasteiger charge is -2.56. The molecule has 5 heterocycles. The number of aliphatic hydroxyl groups excluding tert-OH is 1. The molecule has 0 radical (unpaired) electrons. The molecule has 5 N–H and O–H groups in total. The highest BCUT2D eigenvalue weighted by atomic mass is 32.2. The van der Waals surface area contributed by atoms with Crippen LogP contribution in [0, 0.1) is 42.4 Å². The van der Waals surface area contributed by atoms with Crippen LogP contribution in [0.1, 0.15) is 113 Å². The fourth-order valence-corrected chi connectivity index (χ4v) is 13.9. The molecule has 5 aliphatic rings. The van der Waals surface area contributed by atoms with Gasteiger partial charge < -0.3 is 30.6 Å². The van der Waals surface area contributed by atoms with E-state index in [4.69, 9.17) is 10.1 Å². The number of aliphatic carboxylic acids is 1. The number of fused-ring (bicyclic) bond motifs is 1. The third-order valence-electron chi connectivity index (χ3n) is 15.1. The molecule has 0 spiro atoms. The van der Waals surface area contributed by atoms with Crippen LogP contribution in [0.4, 0.5) is 22.6 Å². The third-order valence-corrected chi connectivity index (χ3v) is 17.4. The van der Waals surface area contributed by atoms with Crippen LogP contribution < -0.4 is 20.3 Å². The summed E-state index contributed by atoms with van der Waals surface area (Å²) >= 11 is 1.51. The van der Waals surface area contributed by atoms with Gasteiger partial charge in [-0.05, 0) is 130 Å². The van der Waals surface area contributed by atoms with Crippen LogP contribution in [0.2, 0.25) is 0 Å². The van der Waals surface area contributed by atoms with Gasteiger partial charge in [0.05, 0.1) is 28.3 Å². The number of carboxylic acids is 1. The fourth-order valence-electron chi connectivity index (χ4n) is 11.9. The number of benzene rings is 1. The molecule has 384 valence electrons. The highest BCUT2D eigenvalue weighted by Gasteiger charge is 2.51. The molecule has 0 unspecified atom stereocenters. The lowest BCUT2D eigenvalue weighted by atomic mass is 9.49. The van der Waals surface area contributed by atoms with Gasteiger partial charge in [-0.15, -0.1) is 10.2 Å². The standard InChI is InChI=1S/C51H65N11O8S2/c1-29-18-41(57-58-45(29)56-49-53-37-12-9-10-13-39(37)71-49)60(6)40-16-15-35(36-26-52-62(30(36)2)28-51-23-31-19-32(24-51)21-33(20-31)25-51)43(54-40)46(65)59-72(69,70)17-11-7-8-14-42(64)55-44(50(3,4)5)47(66)61-27-34(63)22-38(61)48(67)68/h9-10,12-13,15-16,18,26,31-34,38,44,63H,7-8,11,14,17,19-25,27-28H2,1-6H3,(H,55,64)(H,59,65)(H,67,68)(H,53,56,58)/t31?,32?,33?,34-,38+,44-,51?/m1/s1. The van der Waals surface area contributed by atoms with Gasteiger partial charge in [-0.3, -0.25) is 19.1 Å². The monoisotopic (exact) mass is 1020 g/mol. The summed E-state index contributed by atoms with van der Waals surface area (Å²) in [5.41, 5.74) is 2.96. The number of rotatable bonds is 18. The number of thiazole rings is 1. The first-order valence-corrected chi connectivity index (χ1v) is 27.4. The van der Waals surface area contributed by atoms with E-state index >= 15 is 0 Å². The number of aliphatic hydroxyl groups is 1. The Hall–Kier alpha value is -6.06. The van der Waals surface area contributed by atoms with E-state index in [1.165, 1.54) is 49.9 Å². The number of para-hydroxylation sites is 1. The Labute approximate surface area is 423 Å². The lowest BCUT2D eigenvalue weighted by molar-refractivity contribution is -0.150. The van der Waals surface area contributed by atoms with Crippen molar-refractivity contribution in [2.45, 2.75) is 130 Å². The van der Waals surface area contributed by atoms with Crippen LogP contribution in [0.15, 0.2) is 48.7 Å². The third kappa shape index (κ3) is 11.0. The van der Waals surface area contributed by atoms with Crippen LogP contribution in [-0.4, -0.2) is 115 Å². The molecule has 4 bridgehead atoms. The minimum Gasteiger partial charge on any atom is -0.480 e. The number of pyridine rings is 1. The number of aromatic nitrogens is 6.